The molecule has 0 spiro atoms. The van der Waals surface area contributed by atoms with Crippen LogP contribution in [0.1, 0.15) is 0 Å². The molecule has 4 aromatic rings. The summed E-state index contributed by atoms with van der Waals surface area (Å²) in [6, 6.07) is 17.4. The minimum atomic E-state index is 0.289. The van der Waals surface area contributed by atoms with Crippen molar-refractivity contribution in [3.63, 3.8) is 0 Å². The molecule has 4 nitrogen and oxygen atoms in total. The zero-order valence-corrected chi connectivity index (χ0v) is 14.4. The monoisotopic (exact) mass is 351 g/mol. The average Bonchev–Trinajstić information content (AvgIpc) is 3.04. The maximum Gasteiger partial charge on any atom is 0.231 e. The molecule has 1 aromatic heterocycles. The predicted octanol–water partition coefficient (Wildman–Crippen LogP) is 6.29. The van der Waals surface area contributed by atoms with E-state index in [1.807, 2.05) is 60.9 Å². The first kappa shape index (κ1) is 15.1. The van der Waals surface area contributed by atoms with Crippen molar-refractivity contribution in [2.24, 2.45) is 10.2 Å². The highest BCUT2D eigenvalue weighted by atomic mass is 32.2. The highest BCUT2D eigenvalue weighted by Crippen LogP contribution is 2.40. The van der Waals surface area contributed by atoms with Crippen LogP contribution >= 0.6 is 23.1 Å². The van der Waals surface area contributed by atoms with E-state index >= 15 is 0 Å². The Morgan fingerprint density at radius 2 is 1.75 bits per heavy atom. The van der Waals surface area contributed by atoms with Crippen LogP contribution in [0.2, 0.25) is 0 Å². The standard InChI is InChI=1S/C18H13N3OS2/c1-23-16-10-14(11-6-2-3-7-12(11)17(16)22)20-21-18-19-13-8-4-5-9-15(13)24-18/h2-10,22H,1H3. The van der Waals surface area contributed by atoms with Crippen molar-refractivity contribution in [2.75, 3.05) is 6.26 Å². The number of hydrogen-bond donors (Lipinski definition) is 1. The van der Waals surface area contributed by atoms with Crippen LogP contribution in [0.15, 0.2) is 69.7 Å². The summed E-state index contributed by atoms with van der Waals surface area (Å²) >= 11 is 2.99. The number of fused-ring (bicyclic) bond motifs is 2. The van der Waals surface area contributed by atoms with Crippen molar-refractivity contribution in [3.8, 4) is 5.75 Å². The van der Waals surface area contributed by atoms with E-state index in [4.69, 9.17) is 0 Å². The first-order valence-electron chi connectivity index (χ1n) is 7.32. The number of nitrogens with zero attached hydrogens (tertiary/aromatic N) is 3. The Kier molecular flexibility index (Phi) is 3.92. The fourth-order valence-electron chi connectivity index (χ4n) is 2.55. The lowest BCUT2D eigenvalue weighted by atomic mass is 10.1. The third-order valence-electron chi connectivity index (χ3n) is 3.71. The Bertz CT molecular complexity index is 1040. The van der Waals surface area contributed by atoms with Gasteiger partial charge >= 0.3 is 0 Å². The summed E-state index contributed by atoms with van der Waals surface area (Å²) < 4.78 is 1.09. The molecule has 118 valence electrons. The topological polar surface area (TPSA) is 57.8 Å². The predicted molar refractivity (Wildman–Crippen MR) is 101 cm³/mol. The van der Waals surface area contributed by atoms with Gasteiger partial charge in [-0.2, -0.15) is 0 Å². The lowest BCUT2D eigenvalue weighted by molar-refractivity contribution is 0.469. The second-order valence-electron chi connectivity index (χ2n) is 5.16. The molecule has 0 bridgehead atoms. The molecule has 0 aliphatic rings. The molecule has 1 heterocycles. The molecular weight excluding hydrogens is 338 g/mol. The second kappa shape index (κ2) is 6.22. The number of hydrogen-bond acceptors (Lipinski definition) is 6. The van der Waals surface area contributed by atoms with Crippen LogP contribution in [0.3, 0.4) is 0 Å². The van der Waals surface area contributed by atoms with Crippen LogP contribution < -0.4 is 0 Å². The number of phenols is 1. The molecule has 3 aromatic carbocycles. The van der Waals surface area contributed by atoms with Gasteiger partial charge < -0.3 is 5.11 Å². The van der Waals surface area contributed by atoms with Crippen LogP contribution in [0, 0.1) is 0 Å². The SMILES string of the molecule is CSc1cc(N=Nc2nc3ccccc3s2)c2ccccc2c1O. The van der Waals surface area contributed by atoms with E-state index < -0.39 is 0 Å². The van der Waals surface area contributed by atoms with Gasteiger partial charge in [-0.15, -0.1) is 22.0 Å². The van der Waals surface area contributed by atoms with Crippen LogP contribution in [-0.2, 0) is 0 Å². The maximum absolute atomic E-state index is 10.4. The average molecular weight is 351 g/mol. The lowest BCUT2D eigenvalue weighted by Crippen LogP contribution is -1.79. The third kappa shape index (κ3) is 2.64. The highest BCUT2D eigenvalue weighted by molar-refractivity contribution is 7.98. The van der Waals surface area contributed by atoms with E-state index in [1.54, 1.807) is 0 Å². The van der Waals surface area contributed by atoms with Gasteiger partial charge in [0, 0.05) is 10.8 Å². The summed E-state index contributed by atoms with van der Waals surface area (Å²) in [5.41, 5.74) is 1.66. The number of aromatic hydroxyl groups is 1. The summed E-state index contributed by atoms with van der Waals surface area (Å²) in [5.74, 6) is 0.289. The number of rotatable bonds is 3. The smallest absolute Gasteiger partial charge is 0.231 e. The Balaban J connectivity index is 1.82. The Morgan fingerprint density at radius 3 is 2.54 bits per heavy atom. The molecule has 0 aliphatic heterocycles. The summed E-state index contributed by atoms with van der Waals surface area (Å²) in [4.78, 5) is 5.26. The van der Waals surface area contributed by atoms with E-state index in [0.29, 0.717) is 5.13 Å². The molecule has 24 heavy (non-hydrogen) atoms. The van der Waals surface area contributed by atoms with Crippen LogP contribution in [-0.4, -0.2) is 16.3 Å². The lowest BCUT2D eigenvalue weighted by Gasteiger charge is -2.08. The molecule has 0 radical (unpaired) electrons. The minimum Gasteiger partial charge on any atom is -0.506 e. The molecular formula is C18H13N3OS2. The quantitative estimate of drug-likeness (QED) is 0.348. The summed E-state index contributed by atoms with van der Waals surface area (Å²) in [6.07, 6.45) is 1.93. The summed E-state index contributed by atoms with van der Waals surface area (Å²) in [7, 11) is 0. The minimum absolute atomic E-state index is 0.289. The van der Waals surface area contributed by atoms with Gasteiger partial charge in [0.25, 0.3) is 0 Å². The fraction of sp³-hybridized carbons (Fsp3) is 0.0556. The fourth-order valence-corrected chi connectivity index (χ4v) is 3.87. The number of azo groups is 1. The number of aromatic nitrogens is 1. The van der Waals surface area contributed by atoms with E-state index in [0.717, 1.165) is 31.6 Å². The van der Waals surface area contributed by atoms with E-state index in [2.05, 4.69) is 15.2 Å². The largest absolute Gasteiger partial charge is 0.506 e. The Labute approximate surface area is 146 Å². The Hall–Kier alpha value is -2.44. The number of thiazole rings is 1. The van der Waals surface area contributed by atoms with Crippen molar-refractivity contribution in [1.29, 1.82) is 0 Å². The van der Waals surface area contributed by atoms with Gasteiger partial charge in [-0.1, -0.05) is 47.7 Å². The van der Waals surface area contributed by atoms with Gasteiger partial charge in [0.05, 0.1) is 20.8 Å². The van der Waals surface area contributed by atoms with E-state index in [-0.39, 0.29) is 5.75 Å². The Morgan fingerprint density at radius 1 is 1.00 bits per heavy atom. The van der Waals surface area contributed by atoms with Gasteiger partial charge in [-0.25, -0.2) is 4.98 Å². The van der Waals surface area contributed by atoms with Crippen molar-refractivity contribution in [2.45, 2.75) is 4.90 Å². The molecule has 0 saturated carbocycles. The van der Waals surface area contributed by atoms with Gasteiger partial charge in [0.1, 0.15) is 5.75 Å². The van der Waals surface area contributed by atoms with Gasteiger partial charge in [-0.3, -0.25) is 0 Å². The van der Waals surface area contributed by atoms with Crippen molar-refractivity contribution < 1.29 is 5.11 Å². The zero-order chi connectivity index (χ0) is 16.5. The molecule has 4 rings (SSSR count). The number of thioether (sulfide) groups is 1. The molecule has 6 heteroatoms. The molecule has 1 N–H and O–H groups in total. The molecule has 0 amide bonds. The van der Waals surface area contributed by atoms with Crippen molar-refractivity contribution >= 4 is 54.9 Å². The van der Waals surface area contributed by atoms with E-state index in [1.165, 1.54) is 23.1 Å². The molecule has 0 fully saturated rings. The van der Waals surface area contributed by atoms with Gasteiger partial charge in [0.15, 0.2) is 0 Å². The second-order valence-corrected chi connectivity index (χ2v) is 7.01. The number of phenolic OH excluding ortho intramolecular Hbond substituents is 1. The normalized spacial score (nSPS) is 11.7. The van der Waals surface area contributed by atoms with Gasteiger partial charge in [0.2, 0.25) is 5.13 Å². The van der Waals surface area contributed by atoms with E-state index in [9.17, 15) is 5.11 Å². The maximum atomic E-state index is 10.4. The van der Waals surface area contributed by atoms with Gasteiger partial charge in [-0.05, 0) is 24.5 Å². The van der Waals surface area contributed by atoms with Crippen molar-refractivity contribution in [3.05, 3.63) is 54.6 Å². The third-order valence-corrected chi connectivity index (χ3v) is 5.38. The van der Waals surface area contributed by atoms with Crippen LogP contribution in [0.4, 0.5) is 10.8 Å². The summed E-state index contributed by atoms with van der Waals surface area (Å²) in [5, 5.41) is 21.3. The molecule has 0 saturated heterocycles. The zero-order valence-electron chi connectivity index (χ0n) is 12.8. The highest BCUT2D eigenvalue weighted by Gasteiger charge is 2.10. The van der Waals surface area contributed by atoms with Crippen molar-refractivity contribution in [1.82, 2.24) is 4.98 Å². The molecule has 0 atom stereocenters. The first-order valence-corrected chi connectivity index (χ1v) is 9.36. The van der Waals surface area contributed by atoms with Crippen LogP contribution in [0.25, 0.3) is 21.0 Å². The summed E-state index contributed by atoms with van der Waals surface area (Å²) in [6.45, 7) is 0. The number of benzene rings is 3. The molecule has 0 unspecified atom stereocenters. The van der Waals surface area contributed by atoms with Crippen LogP contribution in [0.5, 0.6) is 5.75 Å². The molecule has 0 aliphatic carbocycles. The first-order chi connectivity index (χ1) is 11.8. The number of para-hydroxylation sites is 1.